The number of furan rings is 1. The lowest BCUT2D eigenvalue weighted by molar-refractivity contribution is 0.0563. The molecular weight excluding hydrogens is 296 g/mol. The largest absolute Gasteiger partial charge is 0.463 e. The van der Waals surface area contributed by atoms with Crippen molar-refractivity contribution in [3.8, 4) is 0 Å². The van der Waals surface area contributed by atoms with Crippen LogP contribution < -0.4 is 10.5 Å². The van der Waals surface area contributed by atoms with Crippen LogP contribution in [0.4, 0.5) is 0 Å². The van der Waals surface area contributed by atoms with E-state index in [0.29, 0.717) is 0 Å². The molecule has 1 atom stereocenters. The molecule has 0 unspecified atom stereocenters. The Morgan fingerprint density at radius 3 is 2.63 bits per heavy atom. The molecule has 1 rings (SSSR count). The number of rotatable bonds is 5. The number of ether oxygens (including phenoxy) is 1. The quantitative estimate of drug-likeness (QED) is 0.762. The Morgan fingerprint density at radius 1 is 1.58 bits per heavy atom. The fourth-order valence-corrected chi connectivity index (χ4v) is 2.75. The molecule has 1 aromatic rings. The summed E-state index contributed by atoms with van der Waals surface area (Å²) in [4.78, 5) is 11.1. The highest BCUT2D eigenvalue weighted by atomic mass is 35.5. The fraction of sp³-hybridized carbons (Fsp3) is 0.500. The maximum absolute atomic E-state index is 12.0. The first kappa shape index (κ1) is 17.9. The molecule has 0 radical (unpaired) electrons. The van der Waals surface area contributed by atoms with E-state index in [-0.39, 0.29) is 35.4 Å². The van der Waals surface area contributed by atoms with Crippen LogP contribution in [0.15, 0.2) is 15.4 Å². The summed E-state index contributed by atoms with van der Waals surface area (Å²) in [6.45, 7) is 3.25. The Labute approximate surface area is 117 Å². The highest BCUT2D eigenvalue weighted by Gasteiger charge is 2.25. The van der Waals surface area contributed by atoms with Crippen LogP contribution in [0.1, 0.15) is 23.2 Å². The predicted octanol–water partition coefficient (Wildman–Crippen LogP) is 0.422. The lowest BCUT2D eigenvalue weighted by atomic mass is 10.4. The number of aryl methyl sites for hydroxylation is 1. The number of sulfonamides is 1. The second kappa shape index (κ2) is 6.90. The maximum Gasteiger partial charge on any atom is 0.373 e. The maximum atomic E-state index is 12.0. The van der Waals surface area contributed by atoms with Gasteiger partial charge in [-0.2, -0.15) is 0 Å². The summed E-state index contributed by atoms with van der Waals surface area (Å²) in [6, 6.07) is 0.720. The van der Waals surface area contributed by atoms with E-state index in [1.54, 1.807) is 6.92 Å². The van der Waals surface area contributed by atoms with Crippen LogP contribution in [0.3, 0.4) is 0 Å². The predicted molar refractivity (Wildman–Crippen MR) is 70.9 cm³/mol. The number of hydrogen-bond donors (Lipinski definition) is 2. The van der Waals surface area contributed by atoms with E-state index in [9.17, 15) is 13.2 Å². The molecule has 9 heteroatoms. The molecule has 0 aromatic carbocycles. The standard InChI is InChI=1S/C10H16N2O5S.ClH/c1-6(5-11)12-18(14,15)9-4-8(10(13)16-3)17-7(9)2;/h4,6,12H,5,11H2,1-3H3;1H/t6-;/m0./s1. The molecule has 0 aliphatic carbocycles. The van der Waals surface area contributed by atoms with Gasteiger partial charge in [-0.05, 0) is 13.8 Å². The Morgan fingerprint density at radius 2 is 2.16 bits per heavy atom. The molecule has 0 saturated carbocycles. The smallest absolute Gasteiger partial charge is 0.373 e. The Bertz CT molecular complexity index is 540. The molecule has 0 aliphatic rings. The van der Waals surface area contributed by atoms with Crippen LogP contribution in [0.2, 0.25) is 0 Å². The summed E-state index contributed by atoms with van der Waals surface area (Å²) >= 11 is 0. The minimum absolute atomic E-state index is 0. The van der Waals surface area contributed by atoms with Crippen molar-refractivity contribution in [3.05, 3.63) is 17.6 Å². The summed E-state index contributed by atoms with van der Waals surface area (Å²) in [5.74, 6) is -0.769. The first-order valence-corrected chi connectivity index (χ1v) is 6.71. The summed E-state index contributed by atoms with van der Waals surface area (Å²) < 4.78 is 35.8. The lowest BCUT2D eigenvalue weighted by Crippen LogP contribution is -2.37. The van der Waals surface area contributed by atoms with Gasteiger partial charge in [0.15, 0.2) is 0 Å². The van der Waals surface area contributed by atoms with Crippen LogP contribution in [0.5, 0.6) is 0 Å². The number of nitrogens with one attached hydrogen (secondary N) is 1. The van der Waals surface area contributed by atoms with E-state index in [4.69, 9.17) is 10.2 Å². The molecule has 19 heavy (non-hydrogen) atoms. The Kier molecular flexibility index (Phi) is 6.50. The summed E-state index contributed by atoms with van der Waals surface area (Å²) in [7, 11) is -2.57. The van der Waals surface area contributed by atoms with Crippen LogP contribution in [0, 0.1) is 6.92 Å². The second-order valence-corrected chi connectivity index (χ2v) is 5.46. The van der Waals surface area contributed by atoms with Gasteiger partial charge in [-0.1, -0.05) is 0 Å². The van der Waals surface area contributed by atoms with Gasteiger partial charge in [0.05, 0.1) is 7.11 Å². The zero-order chi connectivity index (χ0) is 13.9. The number of nitrogens with two attached hydrogens (primary N) is 1. The van der Waals surface area contributed by atoms with Crippen molar-refractivity contribution >= 4 is 28.4 Å². The molecule has 0 saturated heterocycles. The molecule has 0 spiro atoms. The highest BCUT2D eigenvalue weighted by molar-refractivity contribution is 7.89. The van der Waals surface area contributed by atoms with Gasteiger partial charge in [0, 0.05) is 18.7 Å². The average molecular weight is 313 g/mol. The summed E-state index contributed by atoms with van der Waals surface area (Å²) in [5.41, 5.74) is 5.35. The minimum Gasteiger partial charge on any atom is -0.463 e. The third-order valence-electron chi connectivity index (χ3n) is 2.26. The van der Waals surface area contributed by atoms with Crippen LogP contribution in [0.25, 0.3) is 0 Å². The normalized spacial score (nSPS) is 12.6. The van der Waals surface area contributed by atoms with E-state index in [2.05, 4.69) is 9.46 Å². The minimum atomic E-state index is -3.75. The first-order chi connectivity index (χ1) is 8.31. The SMILES string of the molecule is COC(=O)c1cc(S(=O)(=O)N[C@@H](C)CN)c(C)o1.Cl. The molecule has 0 fully saturated rings. The van der Waals surface area contributed by atoms with Crippen molar-refractivity contribution in [2.24, 2.45) is 5.73 Å². The van der Waals surface area contributed by atoms with E-state index >= 15 is 0 Å². The van der Waals surface area contributed by atoms with E-state index in [0.717, 1.165) is 6.07 Å². The number of methoxy groups -OCH3 is 1. The van der Waals surface area contributed by atoms with Crippen LogP contribution in [-0.4, -0.2) is 34.1 Å². The monoisotopic (exact) mass is 312 g/mol. The number of carbonyl (C=O) groups is 1. The highest BCUT2D eigenvalue weighted by Crippen LogP contribution is 2.20. The topological polar surface area (TPSA) is 112 Å². The average Bonchev–Trinajstić information content (AvgIpc) is 2.70. The van der Waals surface area contributed by atoms with E-state index in [1.165, 1.54) is 14.0 Å². The zero-order valence-corrected chi connectivity index (χ0v) is 12.4. The number of hydrogen-bond acceptors (Lipinski definition) is 6. The van der Waals surface area contributed by atoms with Gasteiger partial charge in [0.25, 0.3) is 0 Å². The molecule has 7 nitrogen and oxygen atoms in total. The van der Waals surface area contributed by atoms with Gasteiger partial charge in [-0.3, -0.25) is 0 Å². The van der Waals surface area contributed by atoms with Crippen LogP contribution in [-0.2, 0) is 14.8 Å². The fourth-order valence-electron chi connectivity index (χ4n) is 1.31. The van der Waals surface area contributed by atoms with Crippen LogP contribution >= 0.6 is 12.4 Å². The third-order valence-corrected chi connectivity index (χ3v) is 3.96. The first-order valence-electron chi connectivity index (χ1n) is 5.23. The van der Waals surface area contributed by atoms with Crippen molar-refractivity contribution in [3.63, 3.8) is 0 Å². The molecule has 0 amide bonds. The van der Waals surface area contributed by atoms with E-state index in [1.807, 2.05) is 0 Å². The van der Waals surface area contributed by atoms with Crippen molar-refractivity contribution < 1.29 is 22.4 Å². The number of carbonyl (C=O) groups excluding carboxylic acids is 1. The molecule has 0 bridgehead atoms. The second-order valence-electron chi connectivity index (χ2n) is 3.78. The Hall–Kier alpha value is -1.09. The van der Waals surface area contributed by atoms with Gasteiger partial charge in [0.1, 0.15) is 10.7 Å². The third kappa shape index (κ3) is 4.20. The van der Waals surface area contributed by atoms with Gasteiger partial charge in [0.2, 0.25) is 15.8 Å². The lowest BCUT2D eigenvalue weighted by Gasteiger charge is -2.10. The van der Waals surface area contributed by atoms with Crippen molar-refractivity contribution in [1.82, 2.24) is 4.72 Å². The van der Waals surface area contributed by atoms with Gasteiger partial charge >= 0.3 is 5.97 Å². The van der Waals surface area contributed by atoms with Gasteiger partial charge in [-0.25, -0.2) is 17.9 Å². The van der Waals surface area contributed by atoms with Gasteiger partial charge < -0.3 is 14.9 Å². The number of halogens is 1. The zero-order valence-electron chi connectivity index (χ0n) is 10.8. The molecule has 1 aromatic heterocycles. The molecule has 0 aliphatic heterocycles. The van der Waals surface area contributed by atoms with Crippen molar-refractivity contribution in [1.29, 1.82) is 0 Å². The van der Waals surface area contributed by atoms with E-state index < -0.39 is 22.0 Å². The molecule has 1 heterocycles. The molecule has 110 valence electrons. The number of esters is 1. The van der Waals surface area contributed by atoms with Gasteiger partial charge in [-0.15, -0.1) is 12.4 Å². The molecule has 3 N–H and O–H groups in total. The van der Waals surface area contributed by atoms with Crippen molar-refractivity contribution in [2.75, 3.05) is 13.7 Å². The summed E-state index contributed by atoms with van der Waals surface area (Å²) in [6.07, 6.45) is 0. The Balaban J connectivity index is 0.00000324. The van der Waals surface area contributed by atoms with Crippen molar-refractivity contribution in [2.45, 2.75) is 24.8 Å². The molecular formula is C10H17ClN2O5S. The summed E-state index contributed by atoms with van der Waals surface area (Å²) in [5, 5.41) is 0.